The first-order valence-corrected chi connectivity index (χ1v) is 7.64. The highest BCUT2D eigenvalue weighted by molar-refractivity contribution is 6.31. The standard InChI is InChI=1S/C15H16ClN5O/c1-10-18-14(20-22-10)7-11-3-2-6-21(9-11)15-5-4-12(16)13(8-17)19-15/h4-5,11H,2-3,6-7,9H2,1H3. The van der Waals surface area contributed by atoms with E-state index in [2.05, 4.69) is 20.0 Å². The van der Waals surface area contributed by atoms with Crippen molar-refractivity contribution in [3.63, 3.8) is 0 Å². The minimum absolute atomic E-state index is 0.273. The van der Waals surface area contributed by atoms with Gasteiger partial charge in [-0.2, -0.15) is 10.2 Å². The number of aryl methyl sites for hydroxylation is 1. The Morgan fingerprint density at radius 3 is 3.05 bits per heavy atom. The zero-order valence-corrected chi connectivity index (χ0v) is 13.0. The van der Waals surface area contributed by atoms with E-state index in [-0.39, 0.29) is 5.69 Å². The smallest absolute Gasteiger partial charge is 0.223 e. The van der Waals surface area contributed by atoms with E-state index >= 15 is 0 Å². The zero-order chi connectivity index (χ0) is 15.5. The molecule has 3 rings (SSSR count). The molecule has 0 aromatic carbocycles. The minimum Gasteiger partial charge on any atom is -0.356 e. The van der Waals surface area contributed by atoms with Gasteiger partial charge >= 0.3 is 0 Å². The van der Waals surface area contributed by atoms with Crippen molar-refractivity contribution < 1.29 is 4.52 Å². The van der Waals surface area contributed by atoms with Crippen LogP contribution >= 0.6 is 11.6 Å². The Balaban J connectivity index is 1.71. The molecule has 1 aliphatic heterocycles. The third-order valence-electron chi connectivity index (χ3n) is 3.82. The lowest BCUT2D eigenvalue weighted by atomic mass is 9.94. The molecule has 0 spiro atoms. The predicted molar refractivity (Wildman–Crippen MR) is 81.6 cm³/mol. The van der Waals surface area contributed by atoms with Crippen LogP contribution in [0.15, 0.2) is 16.7 Å². The van der Waals surface area contributed by atoms with E-state index < -0.39 is 0 Å². The van der Waals surface area contributed by atoms with Crippen LogP contribution in [-0.4, -0.2) is 28.2 Å². The quantitative estimate of drug-likeness (QED) is 0.866. The van der Waals surface area contributed by atoms with Crippen LogP contribution in [-0.2, 0) is 6.42 Å². The van der Waals surface area contributed by atoms with Crippen LogP contribution in [0.4, 0.5) is 5.82 Å². The number of aromatic nitrogens is 3. The molecule has 2 aromatic rings. The molecule has 0 radical (unpaired) electrons. The molecule has 2 aromatic heterocycles. The Bertz CT molecular complexity index is 708. The average Bonchev–Trinajstić information content (AvgIpc) is 2.93. The number of halogens is 1. The lowest BCUT2D eigenvalue weighted by Crippen LogP contribution is -2.37. The van der Waals surface area contributed by atoms with Gasteiger partial charge in [-0.3, -0.25) is 0 Å². The van der Waals surface area contributed by atoms with E-state index in [1.54, 1.807) is 13.0 Å². The number of pyridine rings is 1. The Kier molecular flexibility index (Phi) is 4.25. The number of nitrogens with zero attached hydrogens (tertiary/aromatic N) is 5. The van der Waals surface area contributed by atoms with Crippen molar-refractivity contribution in [1.82, 2.24) is 15.1 Å². The number of nitriles is 1. The largest absolute Gasteiger partial charge is 0.356 e. The van der Waals surface area contributed by atoms with E-state index in [0.717, 1.165) is 44.0 Å². The Morgan fingerprint density at radius 2 is 2.32 bits per heavy atom. The second kappa shape index (κ2) is 6.32. The summed E-state index contributed by atoms with van der Waals surface area (Å²) in [5.41, 5.74) is 0.273. The van der Waals surface area contributed by atoms with E-state index in [1.807, 2.05) is 12.1 Å². The fraction of sp³-hybridized carbons (Fsp3) is 0.467. The molecule has 7 heteroatoms. The van der Waals surface area contributed by atoms with Gasteiger partial charge in [0.1, 0.15) is 11.9 Å². The maximum absolute atomic E-state index is 9.05. The first kappa shape index (κ1) is 14.8. The summed E-state index contributed by atoms with van der Waals surface area (Å²) in [5, 5.41) is 13.4. The maximum atomic E-state index is 9.05. The molecule has 1 unspecified atom stereocenters. The van der Waals surface area contributed by atoms with Crippen molar-refractivity contribution in [2.45, 2.75) is 26.2 Å². The SMILES string of the molecule is Cc1nc(CC2CCCN(c3ccc(Cl)c(C#N)n3)C2)no1. The first-order valence-electron chi connectivity index (χ1n) is 7.26. The van der Waals surface area contributed by atoms with Gasteiger partial charge in [-0.1, -0.05) is 16.8 Å². The fourth-order valence-electron chi connectivity index (χ4n) is 2.81. The van der Waals surface area contributed by atoms with Crippen LogP contribution in [0, 0.1) is 24.2 Å². The van der Waals surface area contributed by atoms with Gasteiger partial charge < -0.3 is 9.42 Å². The van der Waals surface area contributed by atoms with E-state index in [0.29, 0.717) is 16.8 Å². The van der Waals surface area contributed by atoms with Gasteiger partial charge in [0.15, 0.2) is 11.5 Å². The number of anilines is 1. The summed E-state index contributed by atoms with van der Waals surface area (Å²) in [5.74, 6) is 2.61. The van der Waals surface area contributed by atoms with Gasteiger partial charge in [0, 0.05) is 26.4 Å². The highest BCUT2D eigenvalue weighted by Gasteiger charge is 2.23. The number of hydrogen-bond acceptors (Lipinski definition) is 6. The lowest BCUT2D eigenvalue weighted by Gasteiger charge is -2.33. The van der Waals surface area contributed by atoms with Crippen LogP contribution in [0.3, 0.4) is 0 Å². The van der Waals surface area contributed by atoms with Crippen LogP contribution in [0.25, 0.3) is 0 Å². The van der Waals surface area contributed by atoms with Crippen molar-refractivity contribution in [1.29, 1.82) is 5.26 Å². The number of piperidine rings is 1. The molecular weight excluding hydrogens is 302 g/mol. The molecule has 1 fully saturated rings. The van der Waals surface area contributed by atoms with E-state index in [4.69, 9.17) is 21.4 Å². The summed E-state index contributed by atoms with van der Waals surface area (Å²) in [6.07, 6.45) is 3.00. The Morgan fingerprint density at radius 1 is 1.45 bits per heavy atom. The van der Waals surface area contributed by atoms with Crippen LogP contribution in [0.2, 0.25) is 5.02 Å². The second-order valence-electron chi connectivity index (χ2n) is 5.50. The number of rotatable bonds is 3. The summed E-state index contributed by atoms with van der Waals surface area (Å²) in [4.78, 5) is 10.8. The van der Waals surface area contributed by atoms with Gasteiger partial charge in [0.25, 0.3) is 0 Å². The molecule has 3 heterocycles. The zero-order valence-electron chi connectivity index (χ0n) is 12.3. The molecular formula is C15H16ClN5O. The summed E-state index contributed by atoms with van der Waals surface area (Å²) in [6.45, 7) is 3.60. The third kappa shape index (κ3) is 3.20. The molecule has 0 bridgehead atoms. The first-order chi connectivity index (χ1) is 10.7. The summed E-state index contributed by atoms with van der Waals surface area (Å²) >= 11 is 5.94. The maximum Gasteiger partial charge on any atom is 0.223 e. The lowest BCUT2D eigenvalue weighted by molar-refractivity contribution is 0.369. The topological polar surface area (TPSA) is 78.8 Å². The molecule has 0 aliphatic carbocycles. The molecule has 0 amide bonds. The molecule has 0 saturated carbocycles. The van der Waals surface area contributed by atoms with Gasteiger partial charge in [-0.05, 0) is 30.9 Å². The van der Waals surface area contributed by atoms with Gasteiger partial charge in [-0.25, -0.2) is 4.98 Å². The fourth-order valence-corrected chi connectivity index (χ4v) is 2.96. The third-order valence-corrected chi connectivity index (χ3v) is 4.13. The molecule has 22 heavy (non-hydrogen) atoms. The summed E-state index contributed by atoms with van der Waals surface area (Å²) in [7, 11) is 0. The second-order valence-corrected chi connectivity index (χ2v) is 5.91. The average molecular weight is 318 g/mol. The Hall–Kier alpha value is -2.13. The molecule has 114 valence electrons. The van der Waals surface area contributed by atoms with E-state index in [1.165, 1.54) is 0 Å². The molecule has 6 nitrogen and oxygen atoms in total. The van der Waals surface area contributed by atoms with Crippen LogP contribution in [0.1, 0.15) is 30.3 Å². The minimum atomic E-state index is 0.273. The van der Waals surface area contributed by atoms with Crippen molar-refractivity contribution >= 4 is 17.4 Å². The molecule has 1 aliphatic rings. The molecule has 1 saturated heterocycles. The highest BCUT2D eigenvalue weighted by atomic mass is 35.5. The van der Waals surface area contributed by atoms with Crippen molar-refractivity contribution in [3.8, 4) is 6.07 Å². The Labute approximate surface area is 133 Å². The molecule has 1 atom stereocenters. The molecule has 0 N–H and O–H groups in total. The summed E-state index contributed by atoms with van der Waals surface area (Å²) in [6, 6.07) is 5.62. The van der Waals surface area contributed by atoms with E-state index in [9.17, 15) is 0 Å². The number of hydrogen-bond donors (Lipinski definition) is 0. The van der Waals surface area contributed by atoms with Crippen molar-refractivity contribution in [2.75, 3.05) is 18.0 Å². The van der Waals surface area contributed by atoms with Gasteiger partial charge in [0.2, 0.25) is 5.89 Å². The predicted octanol–water partition coefficient (Wildman–Crippen LogP) is 2.76. The van der Waals surface area contributed by atoms with Crippen molar-refractivity contribution in [3.05, 3.63) is 34.6 Å². The van der Waals surface area contributed by atoms with Crippen molar-refractivity contribution in [2.24, 2.45) is 5.92 Å². The van der Waals surface area contributed by atoms with Crippen LogP contribution < -0.4 is 4.90 Å². The normalized spacial score (nSPS) is 18.2. The van der Waals surface area contributed by atoms with Gasteiger partial charge in [0.05, 0.1) is 5.02 Å². The van der Waals surface area contributed by atoms with Crippen LogP contribution in [0.5, 0.6) is 0 Å². The highest BCUT2D eigenvalue weighted by Crippen LogP contribution is 2.25. The van der Waals surface area contributed by atoms with Gasteiger partial charge in [-0.15, -0.1) is 0 Å². The summed E-state index contributed by atoms with van der Waals surface area (Å²) < 4.78 is 5.02. The monoisotopic (exact) mass is 317 g/mol.